The van der Waals surface area contributed by atoms with Crippen molar-refractivity contribution in [2.24, 2.45) is 0 Å². The zero-order chi connectivity index (χ0) is 19.3. The maximum Gasteiger partial charge on any atom is 0.278 e. The number of hydrogen-bond acceptors (Lipinski definition) is 10. The highest BCUT2D eigenvalue weighted by Gasteiger charge is 2.40. The fraction of sp³-hybridized carbons (Fsp3) is 0.154. The molecular weight excluding hydrogens is 414 g/mol. The van der Waals surface area contributed by atoms with Crippen LogP contribution in [0.5, 0.6) is 0 Å². The van der Waals surface area contributed by atoms with Crippen LogP contribution < -0.4 is 5.32 Å². The third-order valence-corrected chi connectivity index (χ3v) is 7.59. The van der Waals surface area contributed by atoms with Crippen molar-refractivity contribution in [2.45, 2.75) is 11.8 Å². The fourth-order valence-corrected chi connectivity index (χ4v) is 5.86. The highest BCUT2D eigenvalue weighted by Crippen LogP contribution is 2.42. The van der Waals surface area contributed by atoms with Crippen molar-refractivity contribution in [1.82, 2.24) is 29.9 Å². The number of likely N-dealkylation sites (N-methyl/N-ethyl adjacent to an activating group) is 1. The van der Waals surface area contributed by atoms with Gasteiger partial charge in [-0.1, -0.05) is 0 Å². The van der Waals surface area contributed by atoms with Gasteiger partial charge in [0.25, 0.3) is 15.9 Å². The lowest BCUT2D eigenvalue weighted by atomic mass is 10.2. The molecule has 3 N–H and O–H groups in total. The Morgan fingerprint density at radius 1 is 1.37 bits per heavy atom. The molecule has 14 heteroatoms. The van der Waals surface area contributed by atoms with E-state index in [0.717, 1.165) is 20.5 Å². The summed E-state index contributed by atoms with van der Waals surface area (Å²) in [6, 6.07) is 1.34. The summed E-state index contributed by atoms with van der Waals surface area (Å²) >= 11 is 2.18. The second-order valence-corrected chi connectivity index (χ2v) is 9.66. The molecule has 0 radical (unpaired) electrons. The van der Waals surface area contributed by atoms with Crippen molar-refractivity contribution >= 4 is 49.5 Å². The van der Waals surface area contributed by atoms with Crippen LogP contribution in [0.1, 0.15) is 9.75 Å². The molecule has 11 nitrogen and oxygen atoms in total. The standard InChI is InChI=1S/C13H11N7O4S3/c1-5-4-14-13(25-5)15-12(22)8-9(21)10-7(27(23,24)20(8)2)3-6(26-10)11-16-18-19-17-11/h3-4,21H,1-2H3,(H,14,15,22)(H,16,17,18,19). The SMILES string of the molecule is Cc1cnc(NC(=O)C2=C(O)c3sc(-c4nn[nH]n4)cc3S(=O)(=O)N2C)s1. The summed E-state index contributed by atoms with van der Waals surface area (Å²) in [5.41, 5.74) is -0.392. The number of sulfonamides is 1. The smallest absolute Gasteiger partial charge is 0.278 e. The number of anilines is 1. The zero-order valence-electron chi connectivity index (χ0n) is 13.8. The van der Waals surface area contributed by atoms with Crippen molar-refractivity contribution in [3.05, 3.63) is 27.7 Å². The lowest BCUT2D eigenvalue weighted by molar-refractivity contribution is -0.113. The summed E-state index contributed by atoms with van der Waals surface area (Å²) in [6.45, 7) is 1.82. The molecule has 0 bridgehead atoms. The quantitative estimate of drug-likeness (QED) is 0.565. The summed E-state index contributed by atoms with van der Waals surface area (Å²) in [5.74, 6) is -1.05. The number of aryl methyl sites for hydroxylation is 1. The van der Waals surface area contributed by atoms with Crippen LogP contribution >= 0.6 is 22.7 Å². The second kappa shape index (κ2) is 6.11. The van der Waals surface area contributed by atoms with Crippen molar-refractivity contribution in [3.63, 3.8) is 0 Å². The van der Waals surface area contributed by atoms with E-state index in [1.807, 2.05) is 6.92 Å². The Bertz CT molecular complexity index is 1180. The van der Waals surface area contributed by atoms with Crippen LogP contribution in [0.4, 0.5) is 5.13 Å². The molecule has 0 saturated carbocycles. The number of carbonyl (C=O) groups excluding carboxylic acids is 1. The van der Waals surface area contributed by atoms with Crippen molar-refractivity contribution in [2.75, 3.05) is 12.4 Å². The predicted molar refractivity (Wildman–Crippen MR) is 97.5 cm³/mol. The van der Waals surface area contributed by atoms with E-state index in [-0.39, 0.29) is 15.6 Å². The van der Waals surface area contributed by atoms with Gasteiger partial charge in [-0.15, -0.1) is 32.9 Å². The van der Waals surface area contributed by atoms with Gasteiger partial charge in [-0.2, -0.15) is 5.21 Å². The number of carbonyl (C=O) groups is 1. The number of nitrogens with one attached hydrogen (secondary N) is 2. The van der Waals surface area contributed by atoms with Crippen LogP contribution in [0.2, 0.25) is 0 Å². The minimum absolute atomic E-state index is 0.0355. The maximum absolute atomic E-state index is 12.8. The van der Waals surface area contributed by atoms with E-state index in [1.165, 1.54) is 24.5 Å². The zero-order valence-corrected chi connectivity index (χ0v) is 16.2. The monoisotopic (exact) mass is 425 g/mol. The third kappa shape index (κ3) is 2.77. The molecule has 1 amide bonds. The minimum atomic E-state index is -4.04. The number of nitrogens with zero attached hydrogens (tertiary/aromatic N) is 5. The molecule has 0 atom stereocenters. The Morgan fingerprint density at radius 2 is 2.15 bits per heavy atom. The first kappa shape index (κ1) is 17.6. The van der Waals surface area contributed by atoms with Gasteiger partial charge in [-0.3, -0.25) is 14.4 Å². The van der Waals surface area contributed by atoms with Gasteiger partial charge in [0, 0.05) is 18.1 Å². The number of amides is 1. The number of aromatic nitrogens is 5. The predicted octanol–water partition coefficient (Wildman–Crippen LogP) is 1.19. The van der Waals surface area contributed by atoms with E-state index in [0.29, 0.717) is 10.0 Å². The van der Waals surface area contributed by atoms with Gasteiger partial charge in [0.1, 0.15) is 4.90 Å². The van der Waals surface area contributed by atoms with Gasteiger partial charge < -0.3 is 5.11 Å². The highest BCUT2D eigenvalue weighted by molar-refractivity contribution is 7.89. The first-order chi connectivity index (χ1) is 12.8. The van der Waals surface area contributed by atoms with Gasteiger partial charge in [0.05, 0.1) is 9.75 Å². The van der Waals surface area contributed by atoms with Crippen LogP contribution in [0.15, 0.2) is 22.9 Å². The average molecular weight is 425 g/mol. The van der Waals surface area contributed by atoms with Crippen molar-refractivity contribution in [3.8, 4) is 10.7 Å². The average Bonchev–Trinajstić information content (AvgIpc) is 3.33. The molecule has 0 saturated heterocycles. The summed E-state index contributed by atoms with van der Waals surface area (Å²) in [6.07, 6.45) is 1.57. The Labute approximate surface area is 160 Å². The summed E-state index contributed by atoms with van der Waals surface area (Å²) < 4.78 is 26.4. The molecule has 3 aromatic rings. The first-order valence-electron chi connectivity index (χ1n) is 7.33. The van der Waals surface area contributed by atoms with E-state index >= 15 is 0 Å². The number of H-pyrrole nitrogens is 1. The molecular formula is C13H11N7O4S3. The molecule has 0 fully saturated rings. The number of tetrazole rings is 1. The summed E-state index contributed by atoms with van der Waals surface area (Å²) in [5, 5.41) is 26.8. The maximum atomic E-state index is 12.8. The van der Waals surface area contributed by atoms with Gasteiger partial charge in [-0.05, 0) is 18.2 Å². The number of hydrogen-bond donors (Lipinski definition) is 3. The first-order valence-corrected chi connectivity index (χ1v) is 10.4. The topological polar surface area (TPSA) is 154 Å². The van der Waals surface area contributed by atoms with Crippen molar-refractivity contribution in [1.29, 1.82) is 0 Å². The van der Waals surface area contributed by atoms with E-state index in [4.69, 9.17) is 0 Å². The molecule has 0 spiro atoms. The Morgan fingerprint density at radius 3 is 2.78 bits per heavy atom. The number of fused-ring (bicyclic) bond motifs is 1. The molecule has 0 unspecified atom stereocenters. The van der Waals surface area contributed by atoms with Gasteiger partial charge >= 0.3 is 0 Å². The normalized spacial score (nSPS) is 15.7. The number of aromatic amines is 1. The molecule has 140 valence electrons. The van der Waals surface area contributed by atoms with Crippen molar-refractivity contribution < 1.29 is 18.3 Å². The second-order valence-electron chi connectivity index (χ2n) is 5.44. The number of thiazole rings is 1. The molecule has 0 aromatic carbocycles. The third-order valence-electron chi connectivity index (χ3n) is 3.71. The highest BCUT2D eigenvalue weighted by atomic mass is 32.2. The van der Waals surface area contributed by atoms with Crippen LogP contribution in [0.3, 0.4) is 0 Å². The molecule has 0 aliphatic carbocycles. The van der Waals surface area contributed by atoms with E-state index in [1.54, 1.807) is 6.20 Å². The minimum Gasteiger partial charge on any atom is -0.504 e. The number of thiophene rings is 1. The molecule has 4 heterocycles. The Kier molecular flexibility index (Phi) is 3.97. The van der Waals surface area contributed by atoms with Gasteiger partial charge in [-0.25, -0.2) is 13.4 Å². The summed E-state index contributed by atoms with van der Waals surface area (Å²) in [4.78, 5) is 17.8. The van der Waals surface area contributed by atoms with Gasteiger partial charge in [0.2, 0.25) is 5.82 Å². The molecule has 27 heavy (non-hydrogen) atoms. The Hall–Kier alpha value is -2.84. The molecule has 1 aliphatic rings. The lowest BCUT2D eigenvalue weighted by Gasteiger charge is -2.26. The molecule has 1 aliphatic heterocycles. The lowest BCUT2D eigenvalue weighted by Crippen LogP contribution is -2.36. The van der Waals surface area contributed by atoms with Crippen LogP contribution in [-0.2, 0) is 14.8 Å². The van der Waals surface area contributed by atoms with Crippen LogP contribution in [-0.4, -0.2) is 56.4 Å². The molecule has 4 rings (SSSR count). The fourth-order valence-electron chi connectivity index (χ4n) is 2.45. The van der Waals surface area contributed by atoms with E-state index in [2.05, 4.69) is 30.9 Å². The summed E-state index contributed by atoms with van der Waals surface area (Å²) in [7, 11) is -2.85. The van der Waals surface area contributed by atoms with E-state index in [9.17, 15) is 18.3 Å². The number of rotatable bonds is 3. The van der Waals surface area contributed by atoms with Gasteiger partial charge in [0.15, 0.2) is 16.6 Å². The number of aliphatic hydroxyl groups is 1. The molecule has 3 aromatic heterocycles. The van der Waals surface area contributed by atoms with E-state index < -0.39 is 27.4 Å². The van der Waals surface area contributed by atoms with Crippen LogP contribution in [0, 0.1) is 6.92 Å². The Balaban J connectivity index is 1.81. The van der Waals surface area contributed by atoms with Crippen LogP contribution in [0.25, 0.3) is 16.5 Å². The largest absolute Gasteiger partial charge is 0.504 e. The number of aliphatic hydroxyl groups excluding tert-OH is 1.